The van der Waals surface area contributed by atoms with Gasteiger partial charge in [0.05, 0.1) is 0 Å². The third-order valence-electron chi connectivity index (χ3n) is 3.83. The molecule has 0 bridgehead atoms. The zero-order chi connectivity index (χ0) is 19.1. The lowest BCUT2D eigenvalue weighted by Crippen LogP contribution is -2.09. The molecule has 27 heavy (non-hydrogen) atoms. The molecule has 136 valence electrons. The van der Waals surface area contributed by atoms with Gasteiger partial charge < -0.3 is 10.1 Å². The Labute approximate surface area is 167 Å². The molecule has 0 aliphatic rings. The number of pyridine rings is 1. The van der Waals surface area contributed by atoms with E-state index in [4.69, 9.17) is 4.74 Å². The predicted molar refractivity (Wildman–Crippen MR) is 112 cm³/mol. The maximum atomic E-state index is 12.1. The second-order valence-corrected chi connectivity index (χ2v) is 6.84. The molecule has 3 rings (SSSR count). The number of hydrogen-bond donors (Lipinski definition) is 1. The van der Waals surface area contributed by atoms with Gasteiger partial charge in [-0.05, 0) is 63.8 Å². The van der Waals surface area contributed by atoms with Crippen molar-refractivity contribution in [1.82, 2.24) is 4.98 Å². The highest BCUT2D eigenvalue weighted by Crippen LogP contribution is 2.18. The van der Waals surface area contributed by atoms with Crippen LogP contribution < -0.4 is 10.1 Å². The Morgan fingerprint density at radius 1 is 1.15 bits per heavy atom. The van der Waals surface area contributed by atoms with Gasteiger partial charge >= 0.3 is 0 Å². The number of nitrogens with one attached hydrogen (secondary N) is 1. The number of aryl methyl sites for hydroxylation is 1. The van der Waals surface area contributed by atoms with Gasteiger partial charge in [-0.25, -0.2) is 4.98 Å². The molecule has 1 amide bonds. The van der Waals surface area contributed by atoms with Gasteiger partial charge in [-0.3, -0.25) is 4.79 Å². The first-order valence-electron chi connectivity index (χ1n) is 8.48. The van der Waals surface area contributed by atoms with E-state index in [1.165, 1.54) is 6.08 Å². The molecule has 0 atom stereocenters. The molecule has 1 aromatic heterocycles. The van der Waals surface area contributed by atoms with E-state index < -0.39 is 0 Å². The summed E-state index contributed by atoms with van der Waals surface area (Å²) >= 11 is 3.39. The Morgan fingerprint density at radius 3 is 2.74 bits per heavy atom. The molecule has 5 heteroatoms. The number of benzene rings is 2. The molecule has 0 saturated heterocycles. The monoisotopic (exact) mass is 422 g/mol. The molecule has 0 fully saturated rings. The summed E-state index contributed by atoms with van der Waals surface area (Å²) in [5.41, 5.74) is 3.00. The first-order chi connectivity index (χ1) is 13.1. The third-order valence-corrected chi connectivity index (χ3v) is 4.66. The van der Waals surface area contributed by atoms with Crippen LogP contribution in [0.2, 0.25) is 0 Å². The first kappa shape index (κ1) is 18.9. The lowest BCUT2D eigenvalue weighted by molar-refractivity contribution is -0.111. The second kappa shape index (κ2) is 9.14. The standard InChI is InChI=1S/C22H19BrN2O2/c1-16-12-21(24-14-20(16)23)25-22(26)11-10-17-8-5-9-19(13-17)27-15-18-6-3-2-4-7-18/h2-14H,15H2,1H3,(H,24,25,26)/b11-10+. The summed E-state index contributed by atoms with van der Waals surface area (Å²) in [4.78, 5) is 16.3. The molecule has 0 aliphatic heterocycles. The van der Waals surface area contributed by atoms with Gasteiger partial charge in [0.2, 0.25) is 5.91 Å². The van der Waals surface area contributed by atoms with Crippen LogP contribution in [-0.4, -0.2) is 10.9 Å². The number of anilines is 1. The van der Waals surface area contributed by atoms with Crippen LogP contribution in [0, 0.1) is 6.92 Å². The highest BCUT2D eigenvalue weighted by Gasteiger charge is 2.02. The molecule has 0 unspecified atom stereocenters. The SMILES string of the molecule is Cc1cc(NC(=O)/C=C/c2cccc(OCc3ccccc3)c2)ncc1Br. The van der Waals surface area contributed by atoms with Crippen LogP contribution in [0.15, 0.2) is 77.4 Å². The van der Waals surface area contributed by atoms with E-state index in [0.29, 0.717) is 12.4 Å². The number of aromatic nitrogens is 1. The summed E-state index contributed by atoms with van der Waals surface area (Å²) in [6, 6.07) is 19.4. The van der Waals surface area contributed by atoms with Crippen molar-refractivity contribution in [2.24, 2.45) is 0 Å². The van der Waals surface area contributed by atoms with Crippen LogP contribution in [0.3, 0.4) is 0 Å². The maximum absolute atomic E-state index is 12.1. The van der Waals surface area contributed by atoms with Gasteiger partial charge in [-0.2, -0.15) is 0 Å². The highest BCUT2D eigenvalue weighted by atomic mass is 79.9. The van der Waals surface area contributed by atoms with Crippen LogP contribution in [-0.2, 0) is 11.4 Å². The molecule has 0 spiro atoms. The van der Waals surface area contributed by atoms with E-state index in [1.807, 2.05) is 67.6 Å². The zero-order valence-corrected chi connectivity index (χ0v) is 16.4. The Morgan fingerprint density at radius 2 is 1.96 bits per heavy atom. The lowest BCUT2D eigenvalue weighted by Gasteiger charge is -2.07. The molecule has 1 N–H and O–H groups in total. The largest absolute Gasteiger partial charge is 0.489 e. The van der Waals surface area contributed by atoms with Crippen LogP contribution in [0.5, 0.6) is 5.75 Å². The summed E-state index contributed by atoms with van der Waals surface area (Å²) in [6.07, 6.45) is 4.90. The molecule has 2 aromatic carbocycles. The van der Waals surface area contributed by atoms with Crippen molar-refractivity contribution >= 4 is 33.7 Å². The van der Waals surface area contributed by atoms with Crippen LogP contribution >= 0.6 is 15.9 Å². The van der Waals surface area contributed by atoms with Crippen molar-refractivity contribution in [2.75, 3.05) is 5.32 Å². The minimum Gasteiger partial charge on any atom is -0.489 e. The zero-order valence-electron chi connectivity index (χ0n) is 14.9. The topological polar surface area (TPSA) is 51.2 Å². The normalized spacial score (nSPS) is 10.7. The summed E-state index contributed by atoms with van der Waals surface area (Å²) in [5.74, 6) is 1.04. The van der Waals surface area contributed by atoms with Crippen LogP contribution in [0.1, 0.15) is 16.7 Å². The Bertz CT molecular complexity index is 956. The first-order valence-corrected chi connectivity index (χ1v) is 9.27. The number of ether oxygens (including phenoxy) is 1. The van der Waals surface area contributed by atoms with Crippen molar-refractivity contribution in [3.8, 4) is 5.75 Å². The van der Waals surface area contributed by atoms with Gasteiger partial charge in [0.15, 0.2) is 0 Å². The fourth-order valence-electron chi connectivity index (χ4n) is 2.40. The molecule has 4 nitrogen and oxygen atoms in total. The summed E-state index contributed by atoms with van der Waals surface area (Å²) in [5, 5.41) is 2.75. The summed E-state index contributed by atoms with van der Waals surface area (Å²) in [6.45, 7) is 2.45. The Kier molecular flexibility index (Phi) is 6.39. The summed E-state index contributed by atoms with van der Waals surface area (Å²) < 4.78 is 6.72. The summed E-state index contributed by atoms with van der Waals surface area (Å²) in [7, 11) is 0. The van der Waals surface area contributed by atoms with Gasteiger partial charge in [0.1, 0.15) is 18.2 Å². The lowest BCUT2D eigenvalue weighted by atomic mass is 10.2. The number of carbonyl (C=O) groups excluding carboxylic acids is 1. The molecule has 0 aliphatic carbocycles. The quantitative estimate of drug-likeness (QED) is 0.542. The molecule has 3 aromatic rings. The van der Waals surface area contributed by atoms with Crippen LogP contribution in [0.25, 0.3) is 6.08 Å². The van der Waals surface area contributed by atoms with E-state index in [-0.39, 0.29) is 5.91 Å². The van der Waals surface area contributed by atoms with E-state index >= 15 is 0 Å². The van der Waals surface area contributed by atoms with E-state index in [0.717, 1.165) is 26.9 Å². The van der Waals surface area contributed by atoms with Crippen molar-refractivity contribution in [3.05, 3.63) is 94.1 Å². The van der Waals surface area contributed by atoms with Gasteiger partial charge in [-0.15, -0.1) is 0 Å². The van der Waals surface area contributed by atoms with Gasteiger partial charge in [0, 0.05) is 16.7 Å². The van der Waals surface area contributed by atoms with Crippen LogP contribution in [0.4, 0.5) is 5.82 Å². The number of nitrogens with zero attached hydrogens (tertiary/aromatic N) is 1. The molecule has 1 heterocycles. The molecular formula is C22H19BrN2O2. The third kappa shape index (κ3) is 5.79. The fraction of sp³-hybridized carbons (Fsp3) is 0.0909. The predicted octanol–water partition coefficient (Wildman–Crippen LogP) is 5.38. The van der Waals surface area contributed by atoms with Crippen molar-refractivity contribution in [3.63, 3.8) is 0 Å². The number of rotatable bonds is 6. The minimum absolute atomic E-state index is 0.236. The van der Waals surface area contributed by atoms with Crippen molar-refractivity contribution in [1.29, 1.82) is 0 Å². The van der Waals surface area contributed by atoms with Crippen molar-refractivity contribution < 1.29 is 9.53 Å². The number of halogens is 1. The molecular weight excluding hydrogens is 404 g/mol. The molecule has 0 saturated carbocycles. The second-order valence-electron chi connectivity index (χ2n) is 5.99. The van der Waals surface area contributed by atoms with E-state index in [9.17, 15) is 4.79 Å². The number of amides is 1. The minimum atomic E-state index is -0.236. The van der Waals surface area contributed by atoms with E-state index in [2.05, 4.69) is 26.2 Å². The highest BCUT2D eigenvalue weighted by molar-refractivity contribution is 9.10. The fourth-order valence-corrected chi connectivity index (χ4v) is 2.61. The van der Waals surface area contributed by atoms with Gasteiger partial charge in [-0.1, -0.05) is 42.5 Å². The number of hydrogen-bond acceptors (Lipinski definition) is 3. The Balaban J connectivity index is 1.59. The smallest absolute Gasteiger partial charge is 0.249 e. The number of carbonyl (C=O) groups is 1. The molecule has 0 radical (unpaired) electrons. The Hall–Kier alpha value is -2.92. The van der Waals surface area contributed by atoms with Gasteiger partial charge in [0.25, 0.3) is 0 Å². The average Bonchev–Trinajstić information content (AvgIpc) is 2.69. The van der Waals surface area contributed by atoms with Crippen molar-refractivity contribution in [2.45, 2.75) is 13.5 Å². The maximum Gasteiger partial charge on any atom is 0.249 e. The average molecular weight is 423 g/mol. The van der Waals surface area contributed by atoms with E-state index in [1.54, 1.807) is 12.3 Å².